The van der Waals surface area contributed by atoms with Gasteiger partial charge in [-0.15, -0.1) is 0 Å². The molecule has 1 aliphatic heterocycles. The number of rotatable bonds is 9. The van der Waals surface area contributed by atoms with Gasteiger partial charge in [0, 0.05) is 0 Å². The fourth-order valence-electron chi connectivity index (χ4n) is 3.40. The highest BCUT2D eigenvalue weighted by molar-refractivity contribution is 5.88. The molecule has 2 heterocycles. The SMILES string of the molecule is CCOC(=O)C(F)(F)CN1CCC(COc2noc3cccc(OCC(F)(F)F)c23)CC1. The second kappa shape index (κ2) is 9.88. The number of alkyl halides is 5. The molecule has 0 amide bonds. The Morgan fingerprint density at radius 1 is 1.19 bits per heavy atom. The fraction of sp³-hybridized carbons (Fsp3) is 0.600. The van der Waals surface area contributed by atoms with E-state index in [0.29, 0.717) is 25.9 Å². The maximum absolute atomic E-state index is 13.9. The molecule has 7 nitrogen and oxygen atoms in total. The molecule has 2 aromatic rings. The van der Waals surface area contributed by atoms with Crippen molar-refractivity contribution in [2.45, 2.75) is 31.9 Å². The summed E-state index contributed by atoms with van der Waals surface area (Å²) in [5, 5.41) is 3.96. The van der Waals surface area contributed by atoms with E-state index in [0.717, 1.165) is 0 Å². The van der Waals surface area contributed by atoms with Crippen LogP contribution >= 0.6 is 0 Å². The average molecular weight is 466 g/mol. The van der Waals surface area contributed by atoms with Crippen LogP contribution in [-0.4, -0.2) is 67.6 Å². The van der Waals surface area contributed by atoms with E-state index in [-0.39, 0.29) is 41.7 Å². The Labute approximate surface area is 180 Å². The van der Waals surface area contributed by atoms with Crippen molar-refractivity contribution >= 4 is 16.9 Å². The number of fused-ring (bicyclic) bond motifs is 1. The van der Waals surface area contributed by atoms with Crippen LogP contribution in [0.4, 0.5) is 22.0 Å². The van der Waals surface area contributed by atoms with Crippen molar-refractivity contribution in [3.8, 4) is 11.6 Å². The normalized spacial score (nSPS) is 16.3. The number of piperidine rings is 1. The standard InChI is InChI=1S/C20H23F5N2O5/c1-2-29-18(28)19(21,22)11-27-8-6-13(7-9-27)10-30-17-16-14(31-12-20(23,24)25)4-3-5-15(16)32-26-17/h3-5,13H,2,6-12H2,1H3. The summed E-state index contributed by atoms with van der Waals surface area (Å²) in [4.78, 5) is 12.9. The van der Waals surface area contributed by atoms with E-state index in [9.17, 15) is 26.7 Å². The lowest BCUT2D eigenvalue weighted by Crippen LogP contribution is -2.46. The predicted molar refractivity (Wildman–Crippen MR) is 102 cm³/mol. The molecule has 1 aromatic carbocycles. The number of benzene rings is 1. The largest absolute Gasteiger partial charge is 0.483 e. The molecular formula is C20H23F5N2O5. The van der Waals surface area contributed by atoms with Crippen LogP contribution in [-0.2, 0) is 9.53 Å². The molecule has 12 heteroatoms. The molecule has 0 spiro atoms. The smallest absolute Gasteiger partial charge is 0.422 e. The Kier molecular flexibility index (Phi) is 7.42. The molecule has 0 radical (unpaired) electrons. The summed E-state index contributed by atoms with van der Waals surface area (Å²) in [5.41, 5.74) is 0.218. The summed E-state index contributed by atoms with van der Waals surface area (Å²) in [6, 6.07) is 4.36. The fourth-order valence-corrected chi connectivity index (χ4v) is 3.40. The van der Waals surface area contributed by atoms with E-state index < -0.39 is 31.2 Å². The zero-order valence-electron chi connectivity index (χ0n) is 17.3. The van der Waals surface area contributed by atoms with Gasteiger partial charge in [-0.1, -0.05) is 6.07 Å². The van der Waals surface area contributed by atoms with Crippen LogP contribution in [0.25, 0.3) is 11.0 Å². The monoisotopic (exact) mass is 466 g/mol. The number of hydrogen-bond acceptors (Lipinski definition) is 7. The van der Waals surface area contributed by atoms with Crippen molar-refractivity contribution in [1.82, 2.24) is 10.1 Å². The van der Waals surface area contributed by atoms with Crippen LogP contribution in [0.5, 0.6) is 11.6 Å². The molecule has 32 heavy (non-hydrogen) atoms. The third-order valence-corrected chi connectivity index (χ3v) is 4.98. The lowest BCUT2D eigenvalue weighted by Gasteiger charge is -2.33. The number of likely N-dealkylation sites (tertiary alicyclic amines) is 1. The van der Waals surface area contributed by atoms with Crippen molar-refractivity contribution in [2.24, 2.45) is 5.92 Å². The Morgan fingerprint density at radius 2 is 1.91 bits per heavy atom. The van der Waals surface area contributed by atoms with Gasteiger partial charge in [0.2, 0.25) is 0 Å². The van der Waals surface area contributed by atoms with Gasteiger partial charge in [0.15, 0.2) is 12.2 Å². The first kappa shape index (κ1) is 24.0. The molecule has 1 saturated heterocycles. The summed E-state index contributed by atoms with van der Waals surface area (Å²) in [6.45, 7) is 0.0117. The van der Waals surface area contributed by atoms with Gasteiger partial charge in [-0.05, 0) is 56.1 Å². The lowest BCUT2D eigenvalue weighted by atomic mass is 9.97. The summed E-state index contributed by atoms with van der Waals surface area (Å²) >= 11 is 0. The van der Waals surface area contributed by atoms with E-state index in [1.54, 1.807) is 0 Å². The van der Waals surface area contributed by atoms with Gasteiger partial charge in [-0.25, -0.2) is 4.79 Å². The number of esters is 1. The van der Waals surface area contributed by atoms with E-state index in [1.165, 1.54) is 30.0 Å². The van der Waals surface area contributed by atoms with E-state index in [4.69, 9.17) is 14.0 Å². The quantitative estimate of drug-likeness (QED) is 0.408. The van der Waals surface area contributed by atoms with Gasteiger partial charge in [-0.3, -0.25) is 4.90 Å². The number of nitrogens with zero attached hydrogens (tertiary/aromatic N) is 2. The molecule has 0 unspecified atom stereocenters. The number of aromatic nitrogens is 1. The van der Waals surface area contributed by atoms with E-state index in [1.807, 2.05) is 0 Å². The highest BCUT2D eigenvalue weighted by Crippen LogP contribution is 2.35. The van der Waals surface area contributed by atoms with Crippen LogP contribution in [0.1, 0.15) is 19.8 Å². The molecule has 0 aliphatic carbocycles. The highest BCUT2D eigenvalue weighted by atomic mass is 19.4. The molecular weight excluding hydrogens is 443 g/mol. The average Bonchev–Trinajstić information content (AvgIpc) is 3.15. The summed E-state index contributed by atoms with van der Waals surface area (Å²) in [5.74, 6) is -5.16. The summed E-state index contributed by atoms with van der Waals surface area (Å²) < 4.78 is 85.3. The van der Waals surface area contributed by atoms with Crippen molar-refractivity contribution < 1.29 is 45.5 Å². The number of carbonyl (C=O) groups excluding carboxylic acids is 1. The first-order chi connectivity index (χ1) is 15.1. The van der Waals surface area contributed by atoms with Crippen LogP contribution in [0.2, 0.25) is 0 Å². The first-order valence-electron chi connectivity index (χ1n) is 10.1. The molecule has 1 fully saturated rings. The number of hydrogen-bond donors (Lipinski definition) is 0. The van der Waals surface area contributed by atoms with Crippen molar-refractivity contribution in [2.75, 3.05) is 39.5 Å². The van der Waals surface area contributed by atoms with Gasteiger partial charge in [-0.2, -0.15) is 22.0 Å². The van der Waals surface area contributed by atoms with Crippen LogP contribution in [0.3, 0.4) is 0 Å². The molecule has 1 aliphatic rings. The maximum atomic E-state index is 13.9. The van der Waals surface area contributed by atoms with Gasteiger partial charge in [0.25, 0.3) is 5.88 Å². The van der Waals surface area contributed by atoms with Crippen molar-refractivity contribution in [1.29, 1.82) is 0 Å². The third-order valence-electron chi connectivity index (χ3n) is 4.98. The molecule has 3 rings (SSSR count). The van der Waals surface area contributed by atoms with Gasteiger partial charge in [0.1, 0.15) is 11.1 Å². The van der Waals surface area contributed by atoms with Gasteiger partial charge < -0.3 is 18.7 Å². The number of ether oxygens (including phenoxy) is 3. The molecule has 178 valence electrons. The summed E-state index contributed by atoms with van der Waals surface area (Å²) in [6.07, 6.45) is -3.43. The Hall–Kier alpha value is -2.63. The zero-order chi connectivity index (χ0) is 23.4. The molecule has 0 bridgehead atoms. The van der Waals surface area contributed by atoms with Gasteiger partial charge in [0.05, 0.1) is 19.8 Å². The zero-order valence-corrected chi connectivity index (χ0v) is 17.3. The predicted octanol–water partition coefficient (Wildman–Crippen LogP) is 4.06. The molecule has 1 aromatic heterocycles. The minimum Gasteiger partial charge on any atom is -0.483 e. The Bertz CT molecular complexity index is 909. The van der Waals surface area contributed by atoms with Crippen LogP contribution in [0.15, 0.2) is 22.7 Å². The van der Waals surface area contributed by atoms with Crippen LogP contribution < -0.4 is 9.47 Å². The maximum Gasteiger partial charge on any atom is 0.422 e. The van der Waals surface area contributed by atoms with E-state index >= 15 is 0 Å². The van der Waals surface area contributed by atoms with Gasteiger partial charge >= 0.3 is 18.1 Å². The van der Waals surface area contributed by atoms with Crippen molar-refractivity contribution in [3.63, 3.8) is 0 Å². The Balaban J connectivity index is 1.54. The minimum atomic E-state index is -4.50. The topological polar surface area (TPSA) is 74.0 Å². The molecule has 0 N–H and O–H groups in total. The lowest BCUT2D eigenvalue weighted by molar-refractivity contribution is -0.174. The highest BCUT2D eigenvalue weighted by Gasteiger charge is 2.42. The molecule has 0 atom stereocenters. The minimum absolute atomic E-state index is 0.00838. The second-order valence-corrected chi connectivity index (χ2v) is 7.48. The number of carbonyl (C=O) groups is 1. The Morgan fingerprint density at radius 3 is 2.56 bits per heavy atom. The van der Waals surface area contributed by atoms with E-state index in [2.05, 4.69) is 9.89 Å². The van der Waals surface area contributed by atoms with Crippen LogP contribution in [0, 0.1) is 5.92 Å². The number of halogens is 5. The van der Waals surface area contributed by atoms with Crippen molar-refractivity contribution in [3.05, 3.63) is 18.2 Å². The second-order valence-electron chi connectivity index (χ2n) is 7.48. The summed E-state index contributed by atoms with van der Waals surface area (Å²) in [7, 11) is 0. The molecule has 0 saturated carbocycles. The first-order valence-corrected chi connectivity index (χ1v) is 10.1. The third kappa shape index (κ3) is 6.21.